The van der Waals surface area contributed by atoms with Crippen LogP contribution >= 0.6 is 0 Å². The first-order chi connectivity index (χ1) is 8.74. The van der Waals surface area contributed by atoms with E-state index in [4.69, 9.17) is 0 Å². The Morgan fingerprint density at radius 3 is 3.06 bits per heavy atom. The van der Waals surface area contributed by atoms with E-state index in [1.165, 1.54) is 11.0 Å². The molecule has 1 atom stereocenters. The molecule has 6 nitrogen and oxygen atoms in total. The Balaban J connectivity index is 1.71. The van der Waals surface area contributed by atoms with Crippen LogP contribution in [0.25, 0.3) is 0 Å². The number of amides is 1. The van der Waals surface area contributed by atoms with Crippen molar-refractivity contribution in [3.8, 4) is 0 Å². The lowest BCUT2D eigenvalue weighted by Crippen LogP contribution is -2.33. The summed E-state index contributed by atoms with van der Waals surface area (Å²) in [5.41, 5.74) is 2.19. The molecule has 2 aromatic rings. The molecule has 1 amide bonds. The minimum Gasteiger partial charge on any atom is -0.373 e. The van der Waals surface area contributed by atoms with Gasteiger partial charge in [-0.2, -0.15) is 10.1 Å². The molecule has 0 unspecified atom stereocenters. The van der Waals surface area contributed by atoms with E-state index < -0.39 is 0 Å². The Bertz CT molecular complexity index is 567. The highest BCUT2D eigenvalue weighted by Gasteiger charge is 2.26. The fourth-order valence-corrected chi connectivity index (χ4v) is 2.06. The third-order valence-corrected chi connectivity index (χ3v) is 3.03. The van der Waals surface area contributed by atoms with Crippen molar-refractivity contribution in [3.63, 3.8) is 0 Å². The summed E-state index contributed by atoms with van der Waals surface area (Å²) in [6.07, 6.45) is 2.10. The maximum atomic E-state index is 12.1. The Labute approximate surface area is 104 Å². The minimum atomic E-state index is -0.251. The number of benzene rings is 1. The molecule has 92 valence electrons. The second-order valence-corrected chi connectivity index (χ2v) is 4.25. The molecule has 18 heavy (non-hydrogen) atoms. The third kappa shape index (κ3) is 1.81. The molecule has 2 heterocycles. The first-order valence-electron chi connectivity index (χ1n) is 5.73. The molecule has 1 aliphatic heterocycles. The Kier molecular flexibility index (Phi) is 2.47. The monoisotopic (exact) mass is 243 g/mol. The van der Waals surface area contributed by atoms with E-state index in [0.29, 0.717) is 12.4 Å². The van der Waals surface area contributed by atoms with Crippen molar-refractivity contribution in [2.75, 3.05) is 10.6 Å². The quantitative estimate of drug-likeness (QED) is 0.818. The van der Waals surface area contributed by atoms with Crippen LogP contribution < -0.4 is 10.6 Å². The molecule has 0 radical (unpaired) electrons. The van der Waals surface area contributed by atoms with Gasteiger partial charge in [0.15, 0.2) is 0 Å². The lowest BCUT2D eigenvalue weighted by atomic mass is 10.1. The van der Waals surface area contributed by atoms with E-state index >= 15 is 0 Å². The Morgan fingerprint density at radius 2 is 2.33 bits per heavy atom. The van der Waals surface area contributed by atoms with E-state index in [-0.39, 0.29) is 11.9 Å². The smallest absolute Gasteiger partial charge is 0.249 e. The van der Waals surface area contributed by atoms with Gasteiger partial charge in [0, 0.05) is 19.2 Å². The highest BCUT2D eigenvalue weighted by molar-refractivity contribution is 5.96. The van der Waals surface area contributed by atoms with Gasteiger partial charge in [-0.25, -0.2) is 4.68 Å². The number of carbonyl (C=O) groups is 1. The van der Waals surface area contributed by atoms with Crippen LogP contribution in [0.3, 0.4) is 0 Å². The fraction of sp³-hybridized carbons (Fsp3) is 0.250. The molecule has 6 heteroatoms. The number of aryl methyl sites for hydroxylation is 1. The number of hydrogen-bond acceptors (Lipinski definition) is 4. The van der Waals surface area contributed by atoms with Crippen molar-refractivity contribution in [2.24, 2.45) is 7.05 Å². The highest BCUT2D eigenvalue weighted by atomic mass is 16.2. The third-order valence-electron chi connectivity index (χ3n) is 3.03. The van der Waals surface area contributed by atoms with Gasteiger partial charge in [0.1, 0.15) is 12.4 Å². The predicted molar refractivity (Wildman–Crippen MR) is 67.2 cm³/mol. The zero-order chi connectivity index (χ0) is 12.5. The Morgan fingerprint density at radius 1 is 1.50 bits per heavy atom. The van der Waals surface area contributed by atoms with E-state index in [0.717, 1.165) is 11.3 Å². The Hall–Kier alpha value is -2.37. The number of aromatic nitrogens is 3. The van der Waals surface area contributed by atoms with Gasteiger partial charge in [0.2, 0.25) is 11.9 Å². The maximum absolute atomic E-state index is 12.1. The van der Waals surface area contributed by atoms with E-state index in [1.54, 1.807) is 7.05 Å². The summed E-state index contributed by atoms with van der Waals surface area (Å²) in [5, 5.41) is 9.86. The molecule has 3 rings (SSSR count). The van der Waals surface area contributed by atoms with Crippen molar-refractivity contribution < 1.29 is 4.79 Å². The molecule has 1 aromatic heterocycles. The van der Waals surface area contributed by atoms with Gasteiger partial charge >= 0.3 is 0 Å². The second kappa shape index (κ2) is 4.14. The number of nitrogens with zero attached hydrogens (tertiary/aromatic N) is 3. The molecule has 0 aliphatic carbocycles. The molecule has 0 fully saturated rings. The fourth-order valence-electron chi connectivity index (χ4n) is 2.06. The number of hydrogen-bond donors (Lipinski definition) is 2. The van der Waals surface area contributed by atoms with Crippen LogP contribution in [0.1, 0.15) is 5.56 Å². The first-order valence-corrected chi connectivity index (χ1v) is 5.73. The summed E-state index contributed by atoms with van der Waals surface area (Å²) in [6, 6.07) is 7.68. The molecule has 0 saturated carbocycles. The summed E-state index contributed by atoms with van der Waals surface area (Å²) in [5.74, 6) is 0.361. The number of carbonyl (C=O) groups excluding carboxylic acids is 1. The van der Waals surface area contributed by atoms with Crippen LogP contribution in [-0.2, 0) is 18.3 Å². The van der Waals surface area contributed by atoms with Crippen LogP contribution in [0.15, 0.2) is 30.6 Å². The largest absolute Gasteiger partial charge is 0.373 e. The topological polar surface area (TPSA) is 71.8 Å². The summed E-state index contributed by atoms with van der Waals surface area (Å²) in [4.78, 5) is 16.0. The molecule has 0 spiro atoms. The zero-order valence-corrected chi connectivity index (χ0v) is 9.92. The van der Waals surface area contributed by atoms with Crippen LogP contribution in [-0.4, -0.2) is 26.7 Å². The van der Waals surface area contributed by atoms with Crippen LogP contribution in [0.2, 0.25) is 0 Å². The number of anilines is 2. The van der Waals surface area contributed by atoms with Gasteiger partial charge < -0.3 is 5.32 Å². The SMILES string of the molecule is Cn1ncnc1NC(=O)[C@@H]1Cc2ccccc2N1. The van der Waals surface area contributed by atoms with Gasteiger partial charge in [0.25, 0.3) is 0 Å². The predicted octanol–water partition coefficient (Wildman–Crippen LogP) is 0.790. The summed E-state index contributed by atoms with van der Waals surface area (Å²) in [6.45, 7) is 0. The second-order valence-electron chi connectivity index (χ2n) is 4.25. The molecule has 0 saturated heterocycles. The lowest BCUT2D eigenvalue weighted by Gasteiger charge is -2.10. The summed E-state index contributed by atoms with van der Waals surface area (Å²) in [7, 11) is 1.74. The van der Waals surface area contributed by atoms with Gasteiger partial charge in [-0.1, -0.05) is 18.2 Å². The van der Waals surface area contributed by atoms with Gasteiger partial charge in [-0.05, 0) is 11.6 Å². The highest BCUT2D eigenvalue weighted by Crippen LogP contribution is 2.25. The standard InChI is InChI=1S/C12H13N5O/c1-17-12(13-7-14-17)16-11(18)10-6-8-4-2-3-5-9(8)15-10/h2-5,7,10,15H,6H2,1H3,(H,13,14,16,18)/t10-/m0/s1. The number of nitrogens with one attached hydrogen (secondary N) is 2. The van der Waals surface area contributed by atoms with Crippen molar-refractivity contribution in [1.29, 1.82) is 0 Å². The van der Waals surface area contributed by atoms with Gasteiger partial charge in [-0.15, -0.1) is 0 Å². The van der Waals surface area contributed by atoms with E-state index in [2.05, 4.69) is 20.7 Å². The van der Waals surface area contributed by atoms with Crippen LogP contribution in [0.5, 0.6) is 0 Å². The average molecular weight is 243 g/mol. The van der Waals surface area contributed by atoms with Crippen LogP contribution in [0, 0.1) is 0 Å². The van der Waals surface area contributed by atoms with Crippen molar-refractivity contribution in [2.45, 2.75) is 12.5 Å². The lowest BCUT2D eigenvalue weighted by molar-refractivity contribution is -0.116. The minimum absolute atomic E-state index is 0.0951. The number of para-hydroxylation sites is 1. The van der Waals surface area contributed by atoms with Crippen molar-refractivity contribution in [1.82, 2.24) is 14.8 Å². The molecule has 0 bridgehead atoms. The average Bonchev–Trinajstić information content (AvgIpc) is 2.96. The summed E-state index contributed by atoms with van der Waals surface area (Å²) < 4.78 is 1.53. The molecule has 1 aromatic carbocycles. The zero-order valence-electron chi connectivity index (χ0n) is 9.92. The number of rotatable bonds is 2. The summed E-state index contributed by atoms with van der Waals surface area (Å²) >= 11 is 0. The van der Waals surface area contributed by atoms with Crippen molar-refractivity contribution >= 4 is 17.5 Å². The first kappa shape index (κ1) is 10.8. The van der Waals surface area contributed by atoms with E-state index in [9.17, 15) is 4.79 Å². The molecular weight excluding hydrogens is 230 g/mol. The molecular formula is C12H13N5O. The van der Waals surface area contributed by atoms with Crippen molar-refractivity contribution in [3.05, 3.63) is 36.2 Å². The van der Waals surface area contributed by atoms with Gasteiger partial charge in [0.05, 0.1) is 0 Å². The van der Waals surface area contributed by atoms with E-state index in [1.807, 2.05) is 24.3 Å². The molecule has 1 aliphatic rings. The van der Waals surface area contributed by atoms with Gasteiger partial charge in [-0.3, -0.25) is 10.1 Å². The maximum Gasteiger partial charge on any atom is 0.249 e. The van der Waals surface area contributed by atoms with Crippen LogP contribution in [0.4, 0.5) is 11.6 Å². The molecule has 2 N–H and O–H groups in total. The normalized spacial score (nSPS) is 17.1. The number of fused-ring (bicyclic) bond motifs is 1.